The van der Waals surface area contributed by atoms with Gasteiger partial charge >= 0.3 is 0 Å². The van der Waals surface area contributed by atoms with Gasteiger partial charge < -0.3 is 5.11 Å². The fourth-order valence-corrected chi connectivity index (χ4v) is 1.98. The Morgan fingerprint density at radius 3 is 2.22 bits per heavy atom. The Labute approximate surface area is 56.5 Å². The Morgan fingerprint density at radius 1 is 1.67 bits per heavy atom. The summed E-state index contributed by atoms with van der Waals surface area (Å²) in [6, 6.07) is 0. The van der Waals surface area contributed by atoms with Gasteiger partial charge in [0.25, 0.3) is 10.1 Å². The highest BCUT2D eigenvalue weighted by atomic mass is 32.2. The molecule has 0 saturated heterocycles. The summed E-state index contributed by atoms with van der Waals surface area (Å²) >= 11 is 0. The van der Waals surface area contributed by atoms with Gasteiger partial charge in [0, 0.05) is 0 Å². The minimum atomic E-state index is -3.98. The third-order valence-electron chi connectivity index (χ3n) is 0.702. The monoisotopic (exact) mass is 168 g/mol. The maximum absolute atomic E-state index is 10.0. The molecule has 0 aromatic carbocycles. The predicted octanol–water partition coefficient (Wildman–Crippen LogP) is -1.06. The Kier molecular flexibility index (Phi) is 3.34. The van der Waals surface area contributed by atoms with Crippen LogP contribution in [-0.4, -0.2) is 39.1 Å². The van der Waals surface area contributed by atoms with E-state index in [9.17, 15) is 8.42 Å². The van der Waals surface area contributed by atoms with E-state index < -0.39 is 21.6 Å². The minimum Gasteiger partial charge on any atom is -0.396 e. The lowest BCUT2D eigenvalue weighted by molar-refractivity contribution is 0.271. The number of aliphatic hydroxyl groups is 1. The van der Waals surface area contributed by atoms with Crippen molar-refractivity contribution in [3.05, 3.63) is 0 Å². The van der Waals surface area contributed by atoms with Crippen LogP contribution in [0.5, 0.6) is 0 Å². The molecule has 0 fully saturated rings. The topological polar surface area (TPSA) is 74.6 Å². The maximum Gasteiger partial charge on any atom is 0.267 e. The molecule has 0 saturated carbocycles. The molecule has 54 valence electrons. The van der Waals surface area contributed by atoms with E-state index in [1.54, 1.807) is 6.55 Å². The van der Waals surface area contributed by atoms with Crippen molar-refractivity contribution in [2.24, 2.45) is 0 Å². The molecule has 4 nitrogen and oxygen atoms in total. The van der Waals surface area contributed by atoms with Gasteiger partial charge in [-0.05, 0) is 0 Å². The maximum atomic E-state index is 10.0. The second-order valence-electron chi connectivity index (χ2n) is 1.55. The van der Waals surface area contributed by atoms with E-state index in [0.29, 0.717) is 0 Å². The van der Waals surface area contributed by atoms with E-state index in [0.717, 1.165) is 0 Å². The van der Waals surface area contributed by atoms with Crippen LogP contribution in [0, 0.1) is 0 Å². The van der Waals surface area contributed by atoms with Crippen LogP contribution in [0.1, 0.15) is 0 Å². The Balaban J connectivity index is 3.75. The van der Waals surface area contributed by atoms with Crippen molar-refractivity contribution in [2.45, 2.75) is 12.3 Å². The average Bonchev–Trinajstić information content (AvgIpc) is 1.62. The lowest BCUT2D eigenvalue weighted by Gasteiger charge is -2.01. The van der Waals surface area contributed by atoms with Crippen LogP contribution < -0.4 is 0 Å². The highest BCUT2D eigenvalue weighted by Gasteiger charge is 2.11. The van der Waals surface area contributed by atoms with Crippen molar-refractivity contribution < 1.29 is 18.1 Å². The molecule has 0 aromatic rings. The molecule has 0 spiro atoms. The third kappa shape index (κ3) is 5.97. The van der Waals surface area contributed by atoms with Gasteiger partial charge in [-0.1, -0.05) is 6.55 Å². The van der Waals surface area contributed by atoms with Crippen LogP contribution >= 0.6 is 0 Å². The molecule has 0 aliphatic carbocycles. The molecular formula is C3H8O4SSi. The summed E-state index contributed by atoms with van der Waals surface area (Å²) in [6.45, 7) is 1.66. The summed E-state index contributed by atoms with van der Waals surface area (Å²) < 4.78 is 28.1. The fourth-order valence-electron chi connectivity index (χ4n) is 0.283. The molecule has 9 heavy (non-hydrogen) atoms. The zero-order valence-corrected chi connectivity index (χ0v) is 6.72. The summed E-state index contributed by atoms with van der Waals surface area (Å²) in [7, 11) is -3.86. The van der Waals surface area contributed by atoms with Gasteiger partial charge in [-0.2, -0.15) is 8.42 Å². The highest BCUT2D eigenvalue weighted by molar-refractivity contribution is 7.85. The van der Waals surface area contributed by atoms with Crippen LogP contribution in [0.25, 0.3) is 0 Å². The van der Waals surface area contributed by atoms with Gasteiger partial charge in [-0.15, -0.1) is 0 Å². The van der Waals surface area contributed by atoms with E-state index in [-0.39, 0.29) is 9.52 Å². The van der Waals surface area contributed by atoms with Gasteiger partial charge in [0.05, 0.1) is 21.0 Å². The number of aliphatic hydroxyl groups excluding tert-OH is 1. The molecule has 0 aliphatic heterocycles. The smallest absolute Gasteiger partial charge is 0.267 e. The SMILES string of the molecule is C[Si]C(O)CS(=O)(=O)O. The van der Waals surface area contributed by atoms with Gasteiger partial charge in [0.2, 0.25) is 0 Å². The standard InChI is InChI=1S/C3H8O4SSi/c1-9-3(4)2-8(5,6)7/h3-4H,2H2,1H3,(H,5,6,7). The molecule has 2 N–H and O–H groups in total. The van der Waals surface area contributed by atoms with Crippen LogP contribution in [0.2, 0.25) is 6.55 Å². The molecule has 0 amide bonds. The Hall–Kier alpha value is 0.0869. The molecule has 0 bridgehead atoms. The van der Waals surface area contributed by atoms with E-state index in [1.165, 1.54) is 0 Å². The van der Waals surface area contributed by atoms with Crippen molar-refractivity contribution in [1.29, 1.82) is 0 Å². The van der Waals surface area contributed by atoms with Gasteiger partial charge in [0.15, 0.2) is 0 Å². The van der Waals surface area contributed by atoms with Crippen LogP contribution in [0.15, 0.2) is 0 Å². The number of hydrogen-bond donors (Lipinski definition) is 2. The van der Waals surface area contributed by atoms with Gasteiger partial charge in [0.1, 0.15) is 0 Å². The summed E-state index contributed by atoms with van der Waals surface area (Å²) in [5, 5.41) is 8.67. The first-order valence-electron chi connectivity index (χ1n) is 2.26. The molecule has 0 aromatic heterocycles. The minimum absolute atomic E-state index is 0.121. The lowest BCUT2D eigenvalue weighted by atomic mass is 10.9. The van der Waals surface area contributed by atoms with Crippen molar-refractivity contribution >= 4 is 19.6 Å². The lowest BCUT2D eigenvalue weighted by Crippen LogP contribution is -2.24. The Morgan fingerprint density at radius 2 is 2.11 bits per heavy atom. The van der Waals surface area contributed by atoms with Crippen LogP contribution in [0.4, 0.5) is 0 Å². The molecule has 0 aliphatic rings. The van der Waals surface area contributed by atoms with Crippen LogP contribution in [0.3, 0.4) is 0 Å². The molecule has 1 unspecified atom stereocenters. The van der Waals surface area contributed by atoms with E-state index in [1.807, 2.05) is 0 Å². The third-order valence-corrected chi connectivity index (χ3v) is 2.61. The van der Waals surface area contributed by atoms with Crippen molar-refractivity contribution in [1.82, 2.24) is 0 Å². The first-order valence-corrected chi connectivity index (χ1v) is 5.45. The largest absolute Gasteiger partial charge is 0.396 e. The fraction of sp³-hybridized carbons (Fsp3) is 1.00. The molecule has 1 atom stereocenters. The van der Waals surface area contributed by atoms with E-state index in [4.69, 9.17) is 9.66 Å². The Bertz CT molecular complexity index is 163. The summed E-state index contributed by atoms with van der Waals surface area (Å²) in [5.41, 5.74) is -0.917. The first kappa shape index (κ1) is 9.09. The number of hydrogen-bond acceptors (Lipinski definition) is 3. The molecule has 0 heterocycles. The van der Waals surface area contributed by atoms with Crippen molar-refractivity contribution in [3.63, 3.8) is 0 Å². The van der Waals surface area contributed by atoms with Crippen molar-refractivity contribution in [3.8, 4) is 0 Å². The summed E-state index contributed by atoms with van der Waals surface area (Å²) in [4.78, 5) is 0. The quantitative estimate of drug-likeness (QED) is 0.416. The zero-order valence-electron chi connectivity index (χ0n) is 4.90. The second kappa shape index (κ2) is 3.30. The van der Waals surface area contributed by atoms with Crippen LogP contribution in [-0.2, 0) is 10.1 Å². The molecule has 6 heteroatoms. The van der Waals surface area contributed by atoms with Gasteiger partial charge in [-0.3, -0.25) is 4.55 Å². The molecule has 0 rings (SSSR count). The van der Waals surface area contributed by atoms with Crippen molar-refractivity contribution in [2.75, 3.05) is 5.75 Å². The number of rotatable bonds is 3. The molecule has 2 radical (unpaired) electrons. The summed E-state index contributed by atoms with van der Waals surface area (Å²) in [5.74, 6) is -0.554. The zero-order chi connectivity index (χ0) is 7.49. The molecular weight excluding hydrogens is 160 g/mol. The predicted molar refractivity (Wildman–Crippen MR) is 34.0 cm³/mol. The van der Waals surface area contributed by atoms with Gasteiger partial charge in [-0.25, -0.2) is 0 Å². The summed E-state index contributed by atoms with van der Waals surface area (Å²) in [6.07, 6.45) is 0. The first-order chi connectivity index (χ1) is 3.95. The second-order valence-corrected chi connectivity index (χ2v) is 4.29. The average molecular weight is 168 g/mol. The van der Waals surface area contributed by atoms with E-state index in [2.05, 4.69) is 0 Å². The van der Waals surface area contributed by atoms with E-state index >= 15 is 0 Å². The highest BCUT2D eigenvalue weighted by Crippen LogP contribution is 1.87. The normalized spacial score (nSPS) is 15.4.